The maximum absolute atomic E-state index is 14.4. The van der Waals surface area contributed by atoms with Gasteiger partial charge >= 0.3 is 0 Å². The van der Waals surface area contributed by atoms with E-state index in [0.717, 1.165) is 6.42 Å². The van der Waals surface area contributed by atoms with Crippen LogP contribution in [0.5, 0.6) is 5.75 Å². The molecule has 0 bridgehead atoms. The molecular formula is C33H45ClN4O9S2. The zero-order chi connectivity index (χ0) is 36.1. The first kappa shape index (κ1) is 38.6. The van der Waals surface area contributed by atoms with E-state index in [1.165, 1.54) is 59.6 Å². The maximum Gasteiger partial charge on any atom is 0.261 e. The van der Waals surface area contributed by atoms with Crippen LogP contribution in [0.25, 0.3) is 0 Å². The van der Waals surface area contributed by atoms with Crippen LogP contribution in [0.3, 0.4) is 0 Å². The highest BCUT2D eigenvalue weighted by molar-refractivity contribution is 7.92. The number of likely N-dealkylation sites (N-methyl/N-ethyl adjacent to an activating group) is 1. The third kappa shape index (κ3) is 9.32. The highest BCUT2D eigenvalue weighted by Gasteiger charge is 2.34. The number of ether oxygens (including phenoxy) is 2. The number of benzene rings is 2. The monoisotopic (exact) mass is 740 g/mol. The number of aromatic nitrogens is 1. The zero-order valence-corrected chi connectivity index (χ0v) is 30.9. The Bertz CT molecular complexity index is 1800. The molecule has 2 aromatic carbocycles. The fourth-order valence-electron chi connectivity index (χ4n) is 5.63. The number of aliphatic hydroxyl groups is 1. The molecule has 4 atom stereocenters. The molecule has 270 valence electrons. The number of aliphatic hydroxyl groups excluding tert-OH is 1. The van der Waals surface area contributed by atoms with E-state index in [1.54, 1.807) is 19.9 Å². The summed E-state index contributed by atoms with van der Waals surface area (Å²) < 4.78 is 74.8. The Hall–Kier alpha value is -3.21. The van der Waals surface area contributed by atoms with Crippen molar-refractivity contribution < 1.29 is 40.7 Å². The fraction of sp³-hybridized carbons (Fsp3) is 0.515. The summed E-state index contributed by atoms with van der Waals surface area (Å²) in [5, 5.41) is 14.4. The second-order valence-electron chi connectivity index (χ2n) is 12.5. The number of rotatable bonds is 9. The zero-order valence-electron chi connectivity index (χ0n) is 28.5. The summed E-state index contributed by atoms with van der Waals surface area (Å²) in [5.74, 6) is -0.457. The van der Waals surface area contributed by atoms with E-state index in [9.17, 15) is 26.7 Å². The van der Waals surface area contributed by atoms with Gasteiger partial charge < -0.3 is 24.0 Å². The fourth-order valence-corrected chi connectivity index (χ4v) is 8.27. The smallest absolute Gasteiger partial charge is 0.261 e. The molecule has 1 aliphatic heterocycles. The van der Waals surface area contributed by atoms with Crippen molar-refractivity contribution >= 4 is 43.2 Å². The first-order valence-corrected chi connectivity index (χ1v) is 19.4. The van der Waals surface area contributed by atoms with E-state index in [2.05, 4.69) is 9.88 Å². The number of carbonyl (C=O) groups excluding carboxylic acids is 1. The second kappa shape index (κ2) is 16.2. The lowest BCUT2D eigenvalue weighted by Crippen LogP contribution is -2.48. The number of halogens is 1. The number of nitrogens with one attached hydrogen (secondary N) is 1. The van der Waals surface area contributed by atoms with Crippen LogP contribution in [0, 0.1) is 19.8 Å². The van der Waals surface area contributed by atoms with Crippen LogP contribution in [0.2, 0.25) is 5.02 Å². The summed E-state index contributed by atoms with van der Waals surface area (Å²) in [6.07, 6.45) is 1.14. The number of fused-ring (bicyclic) bond motifs is 1. The highest BCUT2D eigenvalue weighted by atomic mass is 35.5. The first-order chi connectivity index (χ1) is 23.0. The predicted molar refractivity (Wildman–Crippen MR) is 185 cm³/mol. The van der Waals surface area contributed by atoms with Gasteiger partial charge in [0.2, 0.25) is 10.0 Å². The van der Waals surface area contributed by atoms with E-state index in [0.29, 0.717) is 24.5 Å². The summed E-state index contributed by atoms with van der Waals surface area (Å²) in [7, 11) is -6.54. The Morgan fingerprint density at radius 2 is 1.80 bits per heavy atom. The lowest BCUT2D eigenvalue weighted by molar-refractivity contribution is -0.00835. The Balaban J connectivity index is 1.69. The van der Waals surface area contributed by atoms with Gasteiger partial charge in [0, 0.05) is 43.4 Å². The molecule has 1 aromatic heterocycles. The highest BCUT2D eigenvalue weighted by Crippen LogP contribution is 2.30. The number of nitrogens with zero attached hydrogens (tertiary/aromatic N) is 3. The van der Waals surface area contributed by atoms with Gasteiger partial charge in [0.25, 0.3) is 15.9 Å². The number of hydrogen-bond acceptors (Lipinski definition) is 10. The summed E-state index contributed by atoms with van der Waals surface area (Å²) in [5.41, 5.74) is 0.488. The topological polar surface area (TPSA) is 169 Å². The standard InChI is InChI=1S/C33H45ClN4O9S2/c1-21-18-38(22(2)20-39)33(40)29-17-27(36-48(41,42)28-13-10-26(34)11-14-28)12-15-30(29)46-23(3)9-7-8-16-45-31(21)19-37(6)49(43,44)32-24(4)35-47-25(32)5/h10-15,17,21-23,31,36,39H,7-9,16,18-20H2,1-6H3/t21-,22+,23-,31+/m0/s1. The van der Waals surface area contributed by atoms with Crippen LogP contribution in [0.1, 0.15) is 61.8 Å². The van der Waals surface area contributed by atoms with Gasteiger partial charge in [-0.1, -0.05) is 23.7 Å². The summed E-state index contributed by atoms with van der Waals surface area (Å²) in [4.78, 5) is 15.8. The number of carbonyl (C=O) groups is 1. The third-order valence-corrected chi connectivity index (χ3v) is 12.2. The van der Waals surface area contributed by atoms with Crippen LogP contribution in [0.15, 0.2) is 56.8 Å². The lowest BCUT2D eigenvalue weighted by Gasteiger charge is -2.35. The number of sulfonamides is 2. The van der Waals surface area contributed by atoms with Crippen molar-refractivity contribution in [1.82, 2.24) is 14.4 Å². The van der Waals surface area contributed by atoms with Gasteiger partial charge in [-0.05, 0) is 89.4 Å². The van der Waals surface area contributed by atoms with Crippen molar-refractivity contribution in [3.63, 3.8) is 0 Å². The number of anilines is 1. The van der Waals surface area contributed by atoms with E-state index < -0.39 is 44.0 Å². The van der Waals surface area contributed by atoms with Crippen LogP contribution in [0.4, 0.5) is 5.69 Å². The minimum absolute atomic E-state index is 0.00216. The molecule has 3 aromatic rings. The molecule has 0 aliphatic carbocycles. The molecule has 0 radical (unpaired) electrons. The van der Waals surface area contributed by atoms with Gasteiger partial charge in [-0.15, -0.1) is 0 Å². The van der Waals surface area contributed by atoms with Crippen molar-refractivity contribution in [2.45, 2.75) is 81.9 Å². The third-order valence-electron chi connectivity index (χ3n) is 8.50. The van der Waals surface area contributed by atoms with Gasteiger partial charge in [-0.25, -0.2) is 16.8 Å². The molecule has 13 nitrogen and oxygen atoms in total. The minimum atomic E-state index is -4.02. The normalized spacial score (nSPS) is 20.7. The summed E-state index contributed by atoms with van der Waals surface area (Å²) in [6, 6.07) is 9.53. The Morgan fingerprint density at radius 3 is 2.43 bits per heavy atom. The van der Waals surface area contributed by atoms with Crippen molar-refractivity contribution in [2.24, 2.45) is 5.92 Å². The first-order valence-electron chi connectivity index (χ1n) is 16.1. The van der Waals surface area contributed by atoms with Gasteiger partial charge in [-0.2, -0.15) is 4.31 Å². The molecule has 16 heteroatoms. The minimum Gasteiger partial charge on any atom is -0.490 e. The van der Waals surface area contributed by atoms with E-state index in [1.807, 2.05) is 13.8 Å². The summed E-state index contributed by atoms with van der Waals surface area (Å²) in [6.45, 7) is 8.59. The molecular weight excluding hydrogens is 696 g/mol. The molecule has 49 heavy (non-hydrogen) atoms. The Morgan fingerprint density at radius 1 is 1.10 bits per heavy atom. The van der Waals surface area contributed by atoms with Crippen LogP contribution in [-0.2, 0) is 24.8 Å². The molecule has 0 saturated carbocycles. The Kier molecular flexibility index (Phi) is 12.8. The number of amides is 1. The molecule has 1 aliphatic rings. The van der Waals surface area contributed by atoms with Gasteiger partial charge in [0.1, 0.15) is 16.3 Å². The van der Waals surface area contributed by atoms with E-state index in [-0.39, 0.29) is 64.0 Å². The molecule has 2 heterocycles. The van der Waals surface area contributed by atoms with Gasteiger partial charge in [-0.3, -0.25) is 9.52 Å². The average molecular weight is 741 g/mol. The van der Waals surface area contributed by atoms with Crippen LogP contribution in [-0.4, -0.2) is 93.8 Å². The predicted octanol–water partition coefficient (Wildman–Crippen LogP) is 4.86. The van der Waals surface area contributed by atoms with Crippen molar-refractivity contribution in [3.8, 4) is 5.75 Å². The van der Waals surface area contributed by atoms with E-state index in [4.69, 9.17) is 25.6 Å². The number of aryl methyl sites for hydroxylation is 2. The largest absolute Gasteiger partial charge is 0.490 e. The van der Waals surface area contributed by atoms with Crippen molar-refractivity contribution in [3.05, 3.63) is 64.5 Å². The van der Waals surface area contributed by atoms with Gasteiger partial charge in [0.05, 0.1) is 35.3 Å². The molecule has 0 fully saturated rings. The van der Waals surface area contributed by atoms with Crippen LogP contribution >= 0.6 is 11.6 Å². The SMILES string of the molecule is Cc1noc(C)c1S(=O)(=O)N(C)C[C@H]1OCCCC[C@H](C)Oc2ccc(NS(=O)(=O)c3ccc(Cl)cc3)cc2C(=O)N([C@H](C)CO)C[C@@H]1C. The molecule has 0 spiro atoms. The molecule has 0 unspecified atom stereocenters. The molecule has 1 amide bonds. The maximum atomic E-state index is 14.4. The van der Waals surface area contributed by atoms with Crippen molar-refractivity contribution in [2.75, 3.05) is 38.1 Å². The Labute approximate surface area is 293 Å². The number of hydrogen-bond donors (Lipinski definition) is 2. The molecule has 4 rings (SSSR count). The summed E-state index contributed by atoms with van der Waals surface area (Å²) >= 11 is 5.94. The average Bonchev–Trinajstić information content (AvgIpc) is 3.40. The van der Waals surface area contributed by atoms with Gasteiger partial charge in [0.15, 0.2) is 5.76 Å². The molecule has 2 N–H and O–H groups in total. The van der Waals surface area contributed by atoms with Crippen LogP contribution < -0.4 is 9.46 Å². The second-order valence-corrected chi connectivity index (χ2v) is 16.6. The molecule has 0 saturated heterocycles. The van der Waals surface area contributed by atoms with Crippen molar-refractivity contribution in [1.29, 1.82) is 0 Å². The van der Waals surface area contributed by atoms with E-state index >= 15 is 0 Å². The quantitative estimate of drug-likeness (QED) is 0.309. The lowest BCUT2D eigenvalue weighted by atomic mass is 10.0.